The summed E-state index contributed by atoms with van der Waals surface area (Å²) in [5.41, 5.74) is 7.14. The minimum absolute atomic E-state index is 0.248. The van der Waals surface area contributed by atoms with Crippen molar-refractivity contribution in [3.8, 4) is 0 Å². The van der Waals surface area contributed by atoms with Gasteiger partial charge >= 0.3 is 5.97 Å². The van der Waals surface area contributed by atoms with Gasteiger partial charge in [-0.25, -0.2) is 4.79 Å². The van der Waals surface area contributed by atoms with Gasteiger partial charge in [-0.05, 0) is 49.5 Å². The third-order valence-corrected chi connectivity index (χ3v) is 6.19. The molecule has 0 unspecified atom stereocenters. The Labute approximate surface area is 151 Å². The SMILES string of the molecule is COC(=O)/C(=C/C(C)=C\N)CN1C[C@@H]2CN(C3CCCCC3)C[C@@H]2C1. The highest BCUT2D eigenvalue weighted by Crippen LogP contribution is 2.35. The molecule has 0 amide bonds. The molecule has 0 bridgehead atoms. The van der Waals surface area contributed by atoms with E-state index in [1.807, 2.05) is 13.0 Å². The van der Waals surface area contributed by atoms with Gasteiger partial charge in [0.25, 0.3) is 0 Å². The first-order valence-electron chi connectivity index (χ1n) is 9.74. The van der Waals surface area contributed by atoms with Gasteiger partial charge < -0.3 is 10.5 Å². The van der Waals surface area contributed by atoms with E-state index in [1.54, 1.807) is 0 Å². The number of rotatable bonds is 5. The summed E-state index contributed by atoms with van der Waals surface area (Å²) in [6.45, 7) is 7.23. The van der Waals surface area contributed by atoms with E-state index in [9.17, 15) is 4.79 Å². The lowest BCUT2D eigenvalue weighted by atomic mass is 9.94. The Kier molecular flexibility index (Phi) is 6.18. The molecule has 0 aromatic carbocycles. The largest absolute Gasteiger partial charge is 0.466 e. The van der Waals surface area contributed by atoms with E-state index in [2.05, 4.69) is 9.80 Å². The smallest absolute Gasteiger partial charge is 0.335 e. The molecule has 3 rings (SSSR count). The number of likely N-dealkylation sites (tertiary alicyclic amines) is 2. The zero-order chi connectivity index (χ0) is 17.8. The number of carbonyl (C=O) groups excluding carboxylic acids is 1. The summed E-state index contributed by atoms with van der Waals surface area (Å²) in [6, 6.07) is 0.829. The molecule has 5 heteroatoms. The van der Waals surface area contributed by atoms with Gasteiger partial charge in [0.05, 0.1) is 12.7 Å². The molecule has 0 radical (unpaired) electrons. The van der Waals surface area contributed by atoms with Gasteiger partial charge in [-0.1, -0.05) is 19.3 Å². The monoisotopic (exact) mass is 347 g/mol. The van der Waals surface area contributed by atoms with Gasteiger partial charge in [-0.15, -0.1) is 0 Å². The highest BCUT2D eigenvalue weighted by atomic mass is 16.5. The fourth-order valence-electron chi connectivity index (χ4n) is 4.86. The van der Waals surface area contributed by atoms with Crippen LogP contribution in [0.5, 0.6) is 0 Å². The molecule has 2 saturated heterocycles. The van der Waals surface area contributed by atoms with E-state index < -0.39 is 0 Å². The summed E-state index contributed by atoms with van der Waals surface area (Å²) in [7, 11) is 1.44. The summed E-state index contributed by atoms with van der Waals surface area (Å²) < 4.78 is 4.95. The van der Waals surface area contributed by atoms with Crippen molar-refractivity contribution in [3.05, 3.63) is 23.4 Å². The van der Waals surface area contributed by atoms with Crippen LogP contribution in [0.15, 0.2) is 23.4 Å². The van der Waals surface area contributed by atoms with Crippen LogP contribution in [0, 0.1) is 11.8 Å². The van der Waals surface area contributed by atoms with Crippen molar-refractivity contribution in [3.63, 3.8) is 0 Å². The summed E-state index contributed by atoms with van der Waals surface area (Å²) in [4.78, 5) is 17.2. The number of ether oxygens (including phenoxy) is 1. The molecular weight excluding hydrogens is 314 g/mol. The van der Waals surface area contributed by atoms with Gasteiger partial charge in [0.15, 0.2) is 0 Å². The lowest BCUT2D eigenvalue weighted by Gasteiger charge is -2.32. The maximum absolute atomic E-state index is 12.1. The number of nitrogens with two attached hydrogens (primary N) is 1. The van der Waals surface area contributed by atoms with Crippen molar-refractivity contribution in [1.29, 1.82) is 0 Å². The Hall–Kier alpha value is -1.33. The molecule has 5 nitrogen and oxygen atoms in total. The van der Waals surface area contributed by atoms with Crippen molar-refractivity contribution in [1.82, 2.24) is 9.80 Å². The van der Waals surface area contributed by atoms with E-state index >= 15 is 0 Å². The quantitative estimate of drug-likeness (QED) is 0.469. The second kappa shape index (κ2) is 8.37. The second-order valence-corrected chi connectivity index (χ2v) is 8.03. The molecule has 3 fully saturated rings. The summed E-state index contributed by atoms with van der Waals surface area (Å²) in [5, 5.41) is 0. The van der Waals surface area contributed by atoms with Crippen molar-refractivity contribution in [2.45, 2.75) is 45.1 Å². The van der Waals surface area contributed by atoms with Crippen molar-refractivity contribution >= 4 is 5.97 Å². The predicted molar refractivity (Wildman–Crippen MR) is 99.9 cm³/mol. The number of carbonyl (C=O) groups is 1. The number of nitrogens with zero attached hydrogens (tertiary/aromatic N) is 2. The Morgan fingerprint density at radius 2 is 1.76 bits per heavy atom. The number of hydrogen-bond donors (Lipinski definition) is 1. The Bertz CT molecular complexity index is 523. The fraction of sp³-hybridized carbons (Fsp3) is 0.750. The van der Waals surface area contributed by atoms with Crippen LogP contribution in [0.2, 0.25) is 0 Å². The molecule has 2 heterocycles. The van der Waals surface area contributed by atoms with Crippen molar-refractivity contribution in [2.24, 2.45) is 17.6 Å². The van der Waals surface area contributed by atoms with Crippen LogP contribution in [0.3, 0.4) is 0 Å². The molecule has 1 aliphatic carbocycles. The average molecular weight is 348 g/mol. The van der Waals surface area contributed by atoms with Gasteiger partial charge in [-0.2, -0.15) is 0 Å². The van der Waals surface area contributed by atoms with Gasteiger partial charge in [-0.3, -0.25) is 9.80 Å². The van der Waals surface area contributed by atoms with Crippen LogP contribution in [0.4, 0.5) is 0 Å². The van der Waals surface area contributed by atoms with Crippen LogP contribution in [0.1, 0.15) is 39.0 Å². The first kappa shape index (κ1) is 18.5. The lowest BCUT2D eigenvalue weighted by molar-refractivity contribution is -0.136. The Morgan fingerprint density at radius 3 is 2.32 bits per heavy atom. The molecule has 0 aromatic heterocycles. The second-order valence-electron chi connectivity index (χ2n) is 8.03. The van der Waals surface area contributed by atoms with E-state index in [0.717, 1.165) is 36.5 Å². The van der Waals surface area contributed by atoms with E-state index in [1.165, 1.54) is 58.5 Å². The third kappa shape index (κ3) is 4.45. The topological polar surface area (TPSA) is 58.8 Å². The van der Waals surface area contributed by atoms with Crippen LogP contribution < -0.4 is 5.73 Å². The molecule has 0 aromatic rings. The molecular formula is C20H33N3O2. The molecule has 2 aliphatic heterocycles. The molecule has 0 spiro atoms. The maximum Gasteiger partial charge on any atom is 0.335 e. The summed E-state index contributed by atoms with van der Waals surface area (Å²) in [6.07, 6.45) is 10.4. The number of hydrogen-bond acceptors (Lipinski definition) is 5. The third-order valence-electron chi connectivity index (χ3n) is 6.19. The Morgan fingerprint density at radius 1 is 1.12 bits per heavy atom. The number of esters is 1. The van der Waals surface area contributed by atoms with Gasteiger partial charge in [0, 0.05) is 38.8 Å². The summed E-state index contributed by atoms with van der Waals surface area (Å²) in [5.74, 6) is 1.26. The maximum atomic E-state index is 12.1. The van der Waals surface area contributed by atoms with Crippen LogP contribution >= 0.6 is 0 Å². The van der Waals surface area contributed by atoms with E-state index in [-0.39, 0.29) is 5.97 Å². The normalized spacial score (nSPS) is 29.8. The highest BCUT2D eigenvalue weighted by Gasteiger charge is 2.42. The molecule has 1 saturated carbocycles. The number of fused-ring (bicyclic) bond motifs is 1. The lowest BCUT2D eigenvalue weighted by Crippen LogP contribution is -2.38. The minimum atomic E-state index is -0.248. The molecule has 2 atom stereocenters. The average Bonchev–Trinajstić information content (AvgIpc) is 3.19. The van der Waals surface area contributed by atoms with Crippen molar-refractivity contribution < 1.29 is 9.53 Å². The van der Waals surface area contributed by atoms with E-state index in [4.69, 9.17) is 10.5 Å². The van der Waals surface area contributed by atoms with Gasteiger partial charge in [0.2, 0.25) is 0 Å². The number of allylic oxidation sites excluding steroid dienone is 2. The predicted octanol–water partition coefficient (Wildman–Crippen LogP) is 2.14. The minimum Gasteiger partial charge on any atom is -0.466 e. The zero-order valence-electron chi connectivity index (χ0n) is 15.7. The van der Waals surface area contributed by atoms with Crippen LogP contribution in [0.25, 0.3) is 0 Å². The Balaban J connectivity index is 1.55. The fourth-order valence-corrected chi connectivity index (χ4v) is 4.86. The molecule has 140 valence electrons. The molecule has 25 heavy (non-hydrogen) atoms. The standard InChI is InChI=1S/C20H33N3O2/c1-15(9-21)8-16(20(24)25-2)10-22-11-17-13-23(14-18(17)12-22)19-6-4-3-5-7-19/h8-9,17-19H,3-7,10-14,21H2,1-2H3/b15-9-,16-8+/t17-,18+. The molecule has 3 aliphatic rings. The van der Waals surface area contributed by atoms with E-state index in [0.29, 0.717) is 12.1 Å². The molecule has 2 N–H and O–H groups in total. The van der Waals surface area contributed by atoms with Crippen LogP contribution in [-0.2, 0) is 9.53 Å². The first-order chi connectivity index (χ1) is 12.1. The number of methoxy groups -OCH3 is 1. The zero-order valence-corrected chi connectivity index (χ0v) is 15.7. The van der Waals surface area contributed by atoms with Gasteiger partial charge in [0.1, 0.15) is 0 Å². The summed E-state index contributed by atoms with van der Waals surface area (Å²) >= 11 is 0. The van der Waals surface area contributed by atoms with Crippen molar-refractivity contribution in [2.75, 3.05) is 39.8 Å². The first-order valence-corrected chi connectivity index (χ1v) is 9.74. The highest BCUT2D eigenvalue weighted by molar-refractivity contribution is 5.89. The van der Waals surface area contributed by atoms with Crippen LogP contribution in [-0.4, -0.2) is 61.6 Å².